The van der Waals surface area contributed by atoms with E-state index in [9.17, 15) is 5.11 Å². The van der Waals surface area contributed by atoms with Crippen molar-refractivity contribution in [1.82, 2.24) is 0 Å². The van der Waals surface area contributed by atoms with Crippen LogP contribution in [-0.4, -0.2) is 16.5 Å². The summed E-state index contributed by atoms with van der Waals surface area (Å²) in [5, 5.41) is 12.9. The van der Waals surface area contributed by atoms with Crippen molar-refractivity contribution in [2.45, 2.75) is 44.6 Å². The largest absolute Gasteiger partial charge is 0.392 e. The van der Waals surface area contributed by atoms with Crippen LogP contribution in [0.1, 0.15) is 37.7 Å². The van der Waals surface area contributed by atoms with Gasteiger partial charge in [0.1, 0.15) is 0 Å². The minimum atomic E-state index is -0.173. The van der Waals surface area contributed by atoms with Crippen molar-refractivity contribution in [1.29, 1.82) is 0 Å². The highest BCUT2D eigenvalue weighted by Gasteiger charge is 2.02. The van der Waals surface area contributed by atoms with Crippen LogP contribution in [0.25, 0.3) is 10.8 Å². The smallest absolute Gasteiger partial charge is 0.0637 e. The molecule has 0 saturated carbocycles. The number of aliphatic hydroxyl groups is 1. The molecule has 0 fully saturated rings. The molecule has 108 valence electrons. The monoisotopic (exact) mass is 334 g/mol. The maximum absolute atomic E-state index is 9.46. The summed E-state index contributed by atoms with van der Waals surface area (Å²) in [5.74, 6) is 0. The summed E-state index contributed by atoms with van der Waals surface area (Å²) in [6.45, 7) is 0. The fourth-order valence-electron chi connectivity index (χ4n) is 2.64. The van der Waals surface area contributed by atoms with Gasteiger partial charge < -0.3 is 5.11 Å². The molecule has 2 aromatic rings. The first-order valence-corrected chi connectivity index (χ1v) is 8.64. The lowest BCUT2D eigenvalue weighted by Gasteiger charge is -2.08. The first-order valence-electron chi connectivity index (χ1n) is 7.52. The fraction of sp³-hybridized carbons (Fsp3) is 0.444. The Hall–Kier alpha value is -0.860. The summed E-state index contributed by atoms with van der Waals surface area (Å²) in [4.78, 5) is 0. The van der Waals surface area contributed by atoms with E-state index in [1.54, 1.807) is 0 Å². The number of fused-ring (bicyclic) bond motifs is 1. The molecule has 0 saturated heterocycles. The first kappa shape index (κ1) is 15.5. The normalized spacial score (nSPS) is 12.7. The van der Waals surface area contributed by atoms with Gasteiger partial charge >= 0.3 is 0 Å². The number of hydrogen-bond donors (Lipinski definition) is 1. The van der Waals surface area contributed by atoms with Crippen LogP contribution in [0.2, 0.25) is 0 Å². The molecule has 2 rings (SSSR count). The molecule has 1 N–H and O–H groups in total. The molecular weight excluding hydrogens is 312 g/mol. The minimum absolute atomic E-state index is 0.173. The lowest BCUT2D eigenvalue weighted by atomic mass is 9.99. The molecule has 1 unspecified atom stereocenters. The Morgan fingerprint density at radius 1 is 0.900 bits per heavy atom. The third-order valence-electron chi connectivity index (χ3n) is 3.79. The second-order valence-electron chi connectivity index (χ2n) is 5.40. The third-order valence-corrected chi connectivity index (χ3v) is 4.54. The molecule has 0 radical (unpaired) electrons. The molecule has 0 aliphatic rings. The van der Waals surface area contributed by atoms with Crippen LogP contribution >= 0.6 is 15.9 Å². The summed E-state index contributed by atoms with van der Waals surface area (Å²) in [7, 11) is 0. The highest BCUT2D eigenvalue weighted by molar-refractivity contribution is 9.09. The van der Waals surface area contributed by atoms with Crippen molar-refractivity contribution in [2.75, 3.05) is 5.33 Å². The first-order chi connectivity index (χ1) is 9.81. The number of aliphatic hydroxyl groups excluding tert-OH is 1. The Balaban J connectivity index is 1.76. The maximum Gasteiger partial charge on any atom is 0.0637 e. The minimum Gasteiger partial charge on any atom is -0.392 e. The van der Waals surface area contributed by atoms with Gasteiger partial charge in [-0.15, -0.1) is 0 Å². The molecule has 0 aliphatic heterocycles. The van der Waals surface area contributed by atoms with Crippen molar-refractivity contribution in [3.63, 3.8) is 0 Å². The SMILES string of the molecule is OC(CBr)CCCCCCc1cccc2ccccc12. The van der Waals surface area contributed by atoms with E-state index in [1.165, 1.54) is 35.6 Å². The van der Waals surface area contributed by atoms with Crippen LogP contribution in [0.3, 0.4) is 0 Å². The molecule has 2 heteroatoms. The second kappa shape index (κ2) is 8.43. The standard InChI is InChI=1S/C18H23BrO/c19-14-17(20)12-4-2-1-3-8-15-10-7-11-16-9-5-6-13-18(15)16/h5-7,9-11,13,17,20H,1-4,8,12,14H2. The summed E-state index contributed by atoms with van der Waals surface area (Å²) < 4.78 is 0. The third kappa shape index (κ3) is 4.60. The van der Waals surface area contributed by atoms with Gasteiger partial charge in [0.25, 0.3) is 0 Å². The van der Waals surface area contributed by atoms with Gasteiger partial charge in [0.2, 0.25) is 0 Å². The summed E-state index contributed by atoms with van der Waals surface area (Å²) in [5.41, 5.74) is 1.46. The van der Waals surface area contributed by atoms with E-state index in [4.69, 9.17) is 0 Å². The topological polar surface area (TPSA) is 20.2 Å². The Bertz CT molecular complexity index is 518. The molecule has 20 heavy (non-hydrogen) atoms. The molecule has 0 spiro atoms. The molecule has 0 bridgehead atoms. The van der Waals surface area contributed by atoms with Gasteiger partial charge in [-0.05, 0) is 35.6 Å². The number of hydrogen-bond acceptors (Lipinski definition) is 1. The molecule has 0 amide bonds. The summed E-state index contributed by atoms with van der Waals surface area (Å²) in [6.07, 6.45) is 6.73. The van der Waals surface area contributed by atoms with Crippen molar-refractivity contribution in [2.24, 2.45) is 0 Å². The average molecular weight is 335 g/mol. The zero-order chi connectivity index (χ0) is 14.2. The second-order valence-corrected chi connectivity index (χ2v) is 6.05. The average Bonchev–Trinajstić information content (AvgIpc) is 2.50. The van der Waals surface area contributed by atoms with E-state index in [0.717, 1.165) is 19.3 Å². The van der Waals surface area contributed by atoms with E-state index < -0.39 is 0 Å². The summed E-state index contributed by atoms with van der Waals surface area (Å²) >= 11 is 3.30. The van der Waals surface area contributed by atoms with E-state index in [-0.39, 0.29) is 6.10 Å². The Kier molecular flexibility index (Phi) is 6.55. The number of alkyl halides is 1. The maximum atomic E-state index is 9.46. The molecule has 0 heterocycles. The van der Waals surface area contributed by atoms with Gasteiger partial charge in [0.15, 0.2) is 0 Å². The lowest BCUT2D eigenvalue weighted by Crippen LogP contribution is -2.06. The van der Waals surface area contributed by atoms with Gasteiger partial charge in [-0.1, -0.05) is 77.7 Å². The van der Waals surface area contributed by atoms with Gasteiger partial charge in [-0.3, -0.25) is 0 Å². The predicted octanol–water partition coefficient (Wildman–Crippen LogP) is 5.09. The van der Waals surface area contributed by atoms with Crippen LogP contribution in [0.5, 0.6) is 0 Å². The van der Waals surface area contributed by atoms with Crippen LogP contribution in [0, 0.1) is 0 Å². The van der Waals surface area contributed by atoms with Crippen LogP contribution < -0.4 is 0 Å². The van der Waals surface area contributed by atoms with Crippen molar-refractivity contribution >= 4 is 26.7 Å². The predicted molar refractivity (Wildman–Crippen MR) is 90.5 cm³/mol. The van der Waals surface area contributed by atoms with Crippen molar-refractivity contribution in [3.05, 3.63) is 48.0 Å². The summed E-state index contributed by atoms with van der Waals surface area (Å²) in [6, 6.07) is 15.2. The van der Waals surface area contributed by atoms with Crippen molar-refractivity contribution < 1.29 is 5.11 Å². The van der Waals surface area contributed by atoms with Crippen LogP contribution in [0.15, 0.2) is 42.5 Å². The number of halogens is 1. The highest BCUT2D eigenvalue weighted by Crippen LogP contribution is 2.20. The lowest BCUT2D eigenvalue weighted by molar-refractivity contribution is 0.186. The van der Waals surface area contributed by atoms with Gasteiger partial charge in [-0.25, -0.2) is 0 Å². The van der Waals surface area contributed by atoms with E-state index in [1.807, 2.05) is 0 Å². The molecule has 1 nitrogen and oxygen atoms in total. The zero-order valence-electron chi connectivity index (χ0n) is 11.9. The Morgan fingerprint density at radius 2 is 1.65 bits per heavy atom. The van der Waals surface area contributed by atoms with E-state index in [2.05, 4.69) is 58.4 Å². The number of benzene rings is 2. The fourth-order valence-corrected chi connectivity index (χ4v) is 2.96. The molecule has 2 aromatic carbocycles. The van der Waals surface area contributed by atoms with Crippen LogP contribution in [0.4, 0.5) is 0 Å². The van der Waals surface area contributed by atoms with Gasteiger partial charge in [0.05, 0.1) is 6.10 Å². The number of aryl methyl sites for hydroxylation is 1. The van der Waals surface area contributed by atoms with Crippen LogP contribution in [-0.2, 0) is 6.42 Å². The molecule has 1 atom stereocenters. The molecular formula is C18H23BrO. The Morgan fingerprint density at radius 3 is 2.50 bits per heavy atom. The number of unbranched alkanes of at least 4 members (excludes halogenated alkanes) is 3. The molecule has 0 aliphatic carbocycles. The number of rotatable bonds is 8. The van der Waals surface area contributed by atoms with Crippen molar-refractivity contribution in [3.8, 4) is 0 Å². The van der Waals surface area contributed by atoms with Gasteiger partial charge in [-0.2, -0.15) is 0 Å². The van der Waals surface area contributed by atoms with Gasteiger partial charge in [0, 0.05) is 5.33 Å². The van der Waals surface area contributed by atoms with E-state index >= 15 is 0 Å². The highest BCUT2D eigenvalue weighted by atomic mass is 79.9. The quantitative estimate of drug-likeness (QED) is 0.526. The van der Waals surface area contributed by atoms with E-state index in [0.29, 0.717) is 5.33 Å². The Labute approximate surface area is 130 Å². The molecule has 0 aromatic heterocycles. The zero-order valence-corrected chi connectivity index (χ0v) is 13.5.